The Hall–Kier alpha value is -3.86. The fourth-order valence-corrected chi connectivity index (χ4v) is 4.25. The van der Waals surface area contributed by atoms with Crippen LogP contribution < -0.4 is 11.1 Å². The van der Waals surface area contributed by atoms with E-state index in [-0.39, 0.29) is 11.7 Å². The molecule has 0 aliphatic rings. The van der Waals surface area contributed by atoms with Gasteiger partial charge in [0.15, 0.2) is 0 Å². The maximum atomic E-state index is 13.3. The van der Waals surface area contributed by atoms with Crippen LogP contribution in [0.3, 0.4) is 0 Å². The smallest absolute Gasteiger partial charge is 0.268 e. The van der Waals surface area contributed by atoms with Crippen molar-refractivity contribution in [3.8, 4) is 0 Å². The van der Waals surface area contributed by atoms with Gasteiger partial charge in [-0.2, -0.15) is 0 Å². The summed E-state index contributed by atoms with van der Waals surface area (Å²) in [5.41, 5.74) is 13.5. The first-order valence-electron chi connectivity index (χ1n) is 10.7. The summed E-state index contributed by atoms with van der Waals surface area (Å²) < 4.78 is 2.04. The third-order valence-electron chi connectivity index (χ3n) is 5.71. The molecule has 162 valence electrons. The number of carbonyl (C=O) groups excluding carboxylic acids is 1. The number of nitrogens with two attached hydrogens (primary N) is 1. The minimum atomic E-state index is -0.109. The van der Waals surface area contributed by atoms with E-state index in [2.05, 4.69) is 50.4 Å². The molecule has 0 aliphatic carbocycles. The van der Waals surface area contributed by atoms with Crippen molar-refractivity contribution in [1.29, 1.82) is 5.41 Å². The molecule has 0 unspecified atom stereocenters. The van der Waals surface area contributed by atoms with E-state index < -0.39 is 0 Å². The van der Waals surface area contributed by atoms with Gasteiger partial charge in [0, 0.05) is 29.6 Å². The molecule has 0 radical (unpaired) electrons. The third-order valence-corrected chi connectivity index (χ3v) is 5.71. The summed E-state index contributed by atoms with van der Waals surface area (Å²) in [7, 11) is 0. The fraction of sp³-hybridized carbons (Fsp3) is 0.185. The van der Waals surface area contributed by atoms with Crippen LogP contribution in [0.2, 0.25) is 0 Å². The zero-order chi connectivity index (χ0) is 22.8. The lowest BCUT2D eigenvalue weighted by Gasteiger charge is -2.13. The van der Waals surface area contributed by atoms with Crippen molar-refractivity contribution in [1.82, 2.24) is 9.88 Å². The Morgan fingerprint density at radius 2 is 1.66 bits per heavy atom. The zero-order valence-corrected chi connectivity index (χ0v) is 18.7. The molecular weight excluding hydrogens is 396 g/mol. The summed E-state index contributed by atoms with van der Waals surface area (Å²) in [5.74, 6) is -0.0750. The van der Waals surface area contributed by atoms with E-state index >= 15 is 0 Å². The molecule has 1 heterocycles. The second-order valence-electron chi connectivity index (χ2n) is 8.42. The Balaban J connectivity index is 1.69. The standard InChI is InChI=1S/C27H28N4O/c1-17-10-18(2)12-21(11-17)15-30-27(32)25-14-23-19(3)6-4-9-24(23)31(25)16-20-7-5-8-22(13-20)26(28)29/h4-14H,15-16H2,1-3H3,(H3,28,29)(H,30,32). The third kappa shape index (κ3) is 4.42. The van der Waals surface area contributed by atoms with Gasteiger partial charge in [0.25, 0.3) is 5.91 Å². The van der Waals surface area contributed by atoms with Crippen molar-refractivity contribution < 1.29 is 4.79 Å². The molecule has 3 aromatic carbocycles. The Bertz CT molecular complexity index is 1310. The molecule has 5 heteroatoms. The maximum Gasteiger partial charge on any atom is 0.268 e. The first kappa shape index (κ1) is 21.4. The highest BCUT2D eigenvalue weighted by Crippen LogP contribution is 2.25. The molecule has 0 aliphatic heterocycles. The number of nitrogens with one attached hydrogen (secondary N) is 2. The molecule has 1 aromatic heterocycles. The van der Waals surface area contributed by atoms with Gasteiger partial charge in [0.1, 0.15) is 11.5 Å². The van der Waals surface area contributed by atoms with Gasteiger partial charge in [0.2, 0.25) is 0 Å². The van der Waals surface area contributed by atoms with Gasteiger partial charge >= 0.3 is 0 Å². The predicted molar refractivity (Wildman–Crippen MR) is 130 cm³/mol. The minimum absolute atomic E-state index is 0.0338. The average Bonchev–Trinajstić information content (AvgIpc) is 3.11. The lowest BCUT2D eigenvalue weighted by atomic mass is 10.1. The van der Waals surface area contributed by atoms with Crippen LogP contribution in [-0.4, -0.2) is 16.3 Å². The van der Waals surface area contributed by atoms with Crippen molar-refractivity contribution in [3.05, 3.63) is 106 Å². The molecule has 4 N–H and O–H groups in total. The van der Waals surface area contributed by atoms with Crippen LogP contribution in [0.5, 0.6) is 0 Å². The molecule has 5 nitrogen and oxygen atoms in total. The predicted octanol–water partition coefficient (Wildman–Crippen LogP) is 4.83. The summed E-state index contributed by atoms with van der Waals surface area (Å²) >= 11 is 0. The lowest BCUT2D eigenvalue weighted by Crippen LogP contribution is -2.25. The number of fused-ring (bicyclic) bond motifs is 1. The summed E-state index contributed by atoms with van der Waals surface area (Å²) in [4.78, 5) is 13.3. The van der Waals surface area contributed by atoms with Gasteiger partial charge in [-0.15, -0.1) is 0 Å². The molecule has 0 saturated carbocycles. The molecule has 0 bridgehead atoms. The number of hydrogen-bond acceptors (Lipinski definition) is 2. The normalized spacial score (nSPS) is 11.0. The molecule has 4 rings (SSSR count). The molecule has 4 aromatic rings. The first-order chi connectivity index (χ1) is 15.3. The van der Waals surface area contributed by atoms with Crippen molar-refractivity contribution in [2.24, 2.45) is 5.73 Å². The highest BCUT2D eigenvalue weighted by Gasteiger charge is 2.17. The van der Waals surface area contributed by atoms with Crippen molar-refractivity contribution in [2.75, 3.05) is 0 Å². The number of nitrogens with zero attached hydrogens (tertiary/aromatic N) is 1. The highest BCUT2D eigenvalue weighted by molar-refractivity contribution is 5.99. The van der Waals surface area contributed by atoms with Gasteiger partial charge in [-0.05, 0) is 55.7 Å². The van der Waals surface area contributed by atoms with Crippen molar-refractivity contribution >= 4 is 22.6 Å². The van der Waals surface area contributed by atoms with Crippen LogP contribution in [0, 0.1) is 26.2 Å². The van der Waals surface area contributed by atoms with Crippen LogP contribution in [0.25, 0.3) is 10.9 Å². The number of aryl methyl sites for hydroxylation is 3. The van der Waals surface area contributed by atoms with E-state index in [1.807, 2.05) is 47.0 Å². The number of aromatic nitrogens is 1. The number of nitrogen functional groups attached to an aromatic ring is 1. The summed E-state index contributed by atoms with van der Waals surface area (Å²) in [6, 6.07) is 22.0. The van der Waals surface area contributed by atoms with Crippen molar-refractivity contribution in [2.45, 2.75) is 33.9 Å². The summed E-state index contributed by atoms with van der Waals surface area (Å²) in [5, 5.41) is 11.9. The van der Waals surface area contributed by atoms with E-state index in [9.17, 15) is 4.79 Å². The molecule has 0 atom stereocenters. The van der Waals surface area contributed by atoms with Crippen LogP contribution in [0.15, 0.2) is 66.7 Å². The van der Waals surface area contributed by atoms with Gasteiger partial charge in [-0.3, -0.25) is 10.2 Å². The van der Waals surface area contributed by atoms with Gasteiger partial charge < -0.3 is 15.6 Å². The van der Waals surface area contributed by atoms with Crippen molar-refractivity contribution in [3.63, 3.8) is 0 Å². The minimum Gasteiger partial charge on any atom is -0.384 e. The van der Waals surface area contributed by atoms with E-state index in [0.717, 1.165) is 27.6 Å². The topological polar surface area (TPSA) is 83.9 Å². The summed E-state index contributed by atoms with van der Waals surface area (Å²) in [6.07, 6.45) is 0. The quantitative estimate of drug-likeness (QED) is 0.306. The number of rotatable bonds is 6. The second-order valence-corrected chi connectivity index (χ2v) is 8.42. The van der Waals surface area contributed by atoms with E-state index in [0.29, 0.717) is 24.3 Å². The van der Waals surface area contributed by atoms with Crippen LogP contribution in [-0.2, 0) is 13.1 Å². The van der Waals surface area contributed by atoms with Gasteiger partial charge in [-0.25, -0.2) is 0 Å². The van der Waals surface area contributed by atoms with Crippen LogP contribution in [0.4, 0.5) is 0 Å². The van der Waals surface area contributed by atoms with E-state index in [1.54, 1.807) is 0 Å². The second kappa shape index (κ2) is 8.71. The number of hydrogen-bond donors (Lipinski definition) is 3. The fourth-order valence-electron chi connectivity index (χ4n) is 4.25. The Kier molecular flexibility index (Phi) is 5.82. The van der Waals surface area contributed by atoms with Gasteiger partial charge in [0.05, 0.1) is 0 Å². The van der Waals surface area contributed by atoms with Gasteiger partial charge in [-0.1, -0.05) is 59.7 Å². The molecule has 0 spiro atoms. The first-order valence-corrected chi connectivity index (χ1v) is 10.7. The van der Waals surface area contributed by atoms with E-state index in [1.165, 1.54) is 11.1 Å². The zero-order valence-electron chi connectivity index (χ0n) is 18.7. The molecule has 0 fully saturated rings. The monoisotopic (exact) mass is 424 g/mol. The summed E-state index contributed by atoms with van der Waals surface area (Å²) in [6.45, 7) is 7.17. The number of amides is 1. The van der Waals surface area contributed by atoms with E-state index in [4.69, 9.17) is 11.1 Å². The molecular formula is C27H28N4O. The Morgan fingerprint density at radius 3 is 2.38 bits per heavy atom. The Morgan fingerprint density at radius 1 is 0.938 bits per heavy atom. The maximum absolute atomic E-state index is 13.3. The lowest BCUT2D eigenvalue weighted by molar-refractivity contribution is 0.0942. The van der Waals surface area contributed by atoms with Crippen LogP contribution in [0.1, 0.15) is 43.9 Å². The Labute approximate surface area is 188 Å². The largest absolute Gasteiger partial charge is 0.384 e. The molecule has 1 amide bonds. The molecule has 32 heavy (non-hydrogen) atoms. The average molecular weight is 425 g/mol. The highest BCUT2D eigenvalue weighted by atomic mass is 16.1. The number of amidine groups is 1. The number of benzene rings is 3. The SMILES string of the molecule is Cc1cc(C)cc(CNC(=O)c2cc3c(C)cccc3n2Cc2cccc(C(=N)N)c2)c1. The molecule has 0 saturated heterocycles. The number of carbonyl (C=O) groups is 1. The van der Waals surface area contributed by atoms with Crippen LogP contribution >= 0.6 is 0 Å².